The summed E-state index contributed by atoms with van der Waals surface area (Å²) >= 11 is 0. The minimum atomic E-state index is -0.408. The van der Waals surface area contributed by atoms with Crippen LogP contribution in [0.15, 0.2) is 36.4 Å². The second-order valence-corrected chi connectivity index (χ2v) is 6.92. The Balaban J connectivity index is 1.25. The number of halogens is 1. The molecule has 1 aliphatic heterocycles. The van der Waals surface area contributed by atoms with Gasteiger partial charge in [0.25, 0.3) is 0 Å². The molecule has 2 bridgehead atoms. The minimum Gasteiger partial charge on any atom is -0.492 e. The fourth-order valence-electron chi connectivity index (χ4n) is 4.24. The number of rotatable bonds is 6. The Hall–Kier alpha value is -2.70. The Kier molecular flexibility index (Phi) is 4.22. The zero-order chi connectivity index (χ0) is 18.3. The van der Waals surface area contributed by atoms with E-state index in [4.69, 9.17) is 4.74 Å². The maximum absolute atomic E-state index is 13.0. The molecule has 6 nitrogen and oxygen atoms in total. The van der Waals surface area contributed by atoms with Gasteiger partial charge in [-0.3, -0.25) is 19.3 Å². The van der Waals surface area contributed by atoms with Crippen LogP contribution in [-0.2, 0) is 14.4 Å². The van der Waals surface area contributed by atoms with Crippen molar-refractivity contribution in [3.05, 3.63) is 42.2 Å². The van der Waals surface area contributed by atoms with Gasteiger partial charge in [-0.25, -0.2) is 4.39 Å². The van der Waals surface area contributed by atoms with Gasteiger partial charge in [0.2, 0.25) is 17.7 Å². The molecule has 4 atom stereocenters. The maximum Gasteiger partial charge on any atom is 0.240 e. The third-order valence-electron chi connectivity index (χ3n) is 5.35. The first-order valence-electron chi connectivity index (χ1n) is 8.73. The normalized spacial score (nSPS) is 28.6. The highest BCUT2D eigenvalue weighted by Crippen LogP contribution is 2.52. The van der Waals surface area contributed by atoms with E-state index in [2.05, 4.69) is 5.32 Å². The van der Waals surface area contributed by atoms with Gasteiger partial charge >= 0.3 is 0 Å². The zero-order valence-electron chi connectivity index (χ0n) is 14.1. The van der Waals surface area contributed by atoms with E-state index in [0.717, 1.165) is 11.3 Å². The first-order chi connectivity index (χ1) is 12.5. The van der Waals surface area contributed by atoms with Crippen molar-refractivity contribution in [2.45, 2.75) is 6.42 Å². The molecule has 3 aliphatic rings. The Bertz CT molecular complexity index is 763. The number of imide groups is 1. The number of fused-ring (bicyclic) bond motifs is 5. The number of nitrogens with zero attached hydrogens (tertiary/aromatic N) is 1. The fourth-order valence-corrected chi connectivity index (χ4v) is 4.24. The number of allylic oxidation sites excluding steroid dienone is 2. The van der Waals surface area contributed by atoms with Gasteiger partial charge in [-0.1, -0.05) is 18.2 Å². The Morgan fingerprint density at radius 1 is 1.19 bits per heavy atom. The van der Waals surface area contributed by atoms with Crippen molar-refractivity contribution in [3.8, 4) is 5.75 Å². The van der Waals surface area contributed by atoms with Gasteiger partial charge in [-0.05, 0) is 30.4 Å². The van der Waals surface area contributed by atoms with Crippen molar-refractivity contribution in [1.29, 1.82) is 0 Å². The summed E-state index contributed by atoms with van der Waals surface area (Å²) in [5.41, 5.74) is 0. The predicted molar refractivity (Wildman–Crippen MR) is 89.3 cm³/mol. The largest absolute Gasteiger partial charge is 0.492 e. The van der Waals surface area contributed by atoms with E-state index in [-0.39, 0.29) is 55.2 Å². The summed E-state index contributed by atoms with van der Waals surface area (Å²) in [6, 6.07) is 5.72. The molecule has 0 aromatic heterocycles. The second-order valence-electron chi connectivity index (χ2n) is 6.92. The van der Waals surface area contributed by atoms with Gasteiger partial charge < -0.3 is 10.1 Å². The zero-order valence-corrected chi connectivity index (χ0v) is 14.1. The van der Waals surface area contributed by atoms with Gasteiger partial charge in [0, 0.05) is 6.07 Å². The molecule has 2 aliphatic carbocycles. The molecule has 1 aromatic carbocycles. The summed E-state index contributed by atoms with van der Waals surface area (Å²) in [4.78, 5) is 38.2. The van der Waals surface area contributed by atoms with Gasteiger partial charge in [-0.15, -0.1) is 0 Å². The van der Waals surface area contributed by atoms with Crippen LogP contribution in [0, 0.1) is 29.5 Å². The third kappa shape index (κ3) is 2.87. The Morgan fingerprint density at radius 2 is 1.88 bits per heavy atom. The van der Waals surface area contributed by atoms with Crippen LogP contribution in [0.1, 0.15) is 6.42 Å². The van der Waals surface area contributed by atoms with Crippen LogP contribution >= 0.6 is 0 Å². The molecule has 4 rings (SSSR count). The molecule has 7 heteroatoms. The van der Waals surface area contributed by atoms with E-state index in [0.29, 0.717) is 5.75 Å². The molecule has 2 fully saturated rings. The van der Waals surface area contributed by atoms with Crippen LogP contribution in [0.4, 0.5) is 4.39 Å². The van der Waals surface area contributed by atoms with Crippen molar-refractivity contribution in [2.24, 2.45) is 23.7 Å². The molecule has 1 aromatic rings. The molecule has 136 valence electrons. The topological polar surface area (TPSA) is 75.7 Å². The molecule has 0 spiro atoms. The smallest absolute Gasteiger partial charge is 0.240 e. The van der Waals surface area contributed by atoms with Crippen molar-refractivity contribution in [1.82, 2.24) is 10.2 Å². The van der Waals surface area contributed by atoms with Gasteiger partial charge in [-0.2, -0.15) is 0 Å². The minimum absolute atomic E-state index is 0.133. The average Bonchev–Trinajstić information content (AvgIpc) is 3.29. The van der Waals surface area contributed by atoms with E-state index in [1.807, 2.05) is 12.2 Å². The fraction of sp³-hybridized carbons (Fsp3) is 0.421. The number of carbonyl (C=O) groups excluding carboxylic acids is 3. The lowest BCUT2D eigenvalue weighted by atomic mass is 9.85. The van der Waals surface area contributed by atoms with E-state index in [1.165, 1.54) is 18.2 Å². The number of hydrogen-bond donors (Lipinski definition) is 1. The van der Waals surface area contributed by atoms with Crippen LogP contribution in [0.2, 0.25) is 0 Å². The lowest BCUT2D eigenvalue weighted by molar-refractivity contribution is -0.144. The van der Waals surface area contributed by atoms with Gasteiger partial charge in [0.05, 0.1) is 18.4 Å². The molecular formula is C19H19FN2O4. The summed E-state index contributed by atoms with van der Waals surface area (Å²) < 4.78 is 18.4. The van der Waals surface area contributed by atoms with E-state index >= 15 is 0 Å². The average molecular weight is 358 g/mol. The van der Waals surface area contributed by atoms with Crippen LogP contribution in [0.3, 0.4) is 0 Å². The number of carbonyl (C=O) groups is 3. The standard InChI is InChI=1S/C19H19FN2O4/c20-13-2-1-3-14(9-13)26-7-6-21-15(23)10-22-18(24)16-11-4-5-12(8-11)17(16)19(22)25/h1-5,9,11-12,16-17H,6-8,10H2,(H,21,23). The van der Waals surface area contributed by atoms with Crippen molar-refractivity contribution in [2.75, 3.05) is 19.7 Å². The first-order valence-corrected chi connectivity index (χ1v) is 8.73. The van der Waals surface area contributed by atoms with Crippen LogP contribution in [0.25, 0.3) is 0 Å². The molecular weight excluding hydrogens is 339 g/mol. The van der Waals surface area contributed by atoms with E-state index in [9.17, 15) is 18.8 Å². The highest BCUT2D eigenvalue weighted by Gasteiger charge is 2.59. The number of ether oxygens (including phenoxy) is 1. The van der Waals surface area contributed by atoms with Crippen molar-refractivity contribution >= 4 is 17.7 Å². The molecule has 1 N–H and O–H groups in total. The van der Waals surface area contributed by atoms with Crippen LogP contribution in [0.5, 0.6) is 5.75 Å². The van der Waals surface area contributed by atoms with Crippen LogP contribution in [-0.4, -0.2) is 42.3 Å². The molecule has 1 saturated carbocycles. The Morgan fingerprint density at radius 3 is 2.54 bits per heavy atom. The van der Waals surface area contributed by atoms with E-state index in [1.54, 1.807) is 6.07 Å². The van der Waals surface area contributed by atoms with Gasteiger partial charge in [0.1, 0.15) is 24.7 Å². The van der Waals surface area contributed by atoms with Crippen molar-refractivity contribution in [3.63, 3.8) is 0 Å². The quantitative estimate of drug-likeness (QED) is 0.470. The monoisotopic (exact) mass is 358 g/mol. The molecule has 0 radical (unpaired) electrons. The van der Waals surface area contributed by atoms with Crippen molar-refractivity contribution < 1.29 is 23.5 Å². The summed E-state index contributed by atoms with van der Waals surface area (Å²) in [5.74, 6) is -1.21. The maximum atomic E-state index is 13.0. The third-order valence-corrected chi connectivity index (χ3v) is 5.35. The number of hydrogen-bond acceptors (Lipinski definition) is 4. The number of amides is 3. The summed E-state index contributed by atoms with van der Waals surface area (Å²) in [6.07, 6.45) is 4.90. The molecule has 3 amide bonds. The molecule has 1 saturated heterocycles. The lowest BCUT2D eigenvalue weighted by Crippen LogP contribution is -2.42. The number of benzene rings is 1. The summed E-state index contributed by atoms with van der Waals surface area (Å²) in [7, 11) is 0. The lowest BCUT2D eigenvalue weighted by Gasteiger charge is -2.16. The molecule has 1 heterocycles. The highest BCUT2D eigenvalue weighted by molar-refractivity contribution is 6.08. The second kappa shape index (κ2) is 6.55. The Labute approximate surface area is 150 Å². The van der Waals surface area contributed by atoms with E-state index < -0.39 is 11.7 Å². The number of likely N-dealkylation sites (tertiary alicyclic amines) is 1. The SMILES string of the molecule is O=C(CN1C(=O)C2C3C=CC(C3)C2C1=O)NCCOc1cccc(F)c1. The molecule has 26 heavy (non-hydrogen) atoms. The molecule has 4 unspecified atom stereocenters. The summed E-state index contributed by atoms with van der Waals surface area (Å²) in [6.45, 7) is 0.103. The summed E-state index contributed by atoms with van der Waals surface area (Å²) in [5, 5.41) is 2.62. The predicted octanol–water partition coefficient (Wildman–Crippen LogP) is 1.13. The first kappa shape index (κ1) is 16.8. The number of nitrogens with one attached hydrogen (secondary N) is 1. The highest BCUT2D eigenvalue weighted by atomic mass is 19.1. The van der Waals surface area contributed by atoms with Gasteiger partial charge in [0.15, 0.2) is 0 Å². The van der Waals surface area contributed by atoms with Crippen LogP contribution < -0.4 is 10.1 Å².